The predicted octanol–water partition coefficient (Wildman–Crippen LogP) is 3.34. The van der Waals surface area contributed by atoms with Crippen molar-refractivity contribution in [3.05, 3.63) is 29.3 Å². The van der Waals surface area contributed by atoms with Gasteiger partial charge in [-0.2, -0.15) is 0 Å². The van der Waals surface area contributed by atoms with Crippen LogP contribution in [0.25, 0.3) is 10.2 Å². The van der Waals surface area contributed by atoms with Crippen LogP contribution in [0, 0.1) is 5.92 Å². The highest BCUT2D eigenvalue weighted by atomic mass is 35.5. The third-order valence-electron chi connectivity index (χ3n) is 4.15. The monoisotopic (exact) mass is 361 g/mol. The van der Waals surface area contributed by atoms with Gasteiger partial charge in [-0.15, -0.1) is 36.2 Å². The van der Waals surface area contributed by atoms with Crippen LogP contribution >= 0.6 is 36.2 Å². The first-order valence-corrected chi connectivity index (χ1v) is 7.91. The lowest BCUT2D eigenvalue weighted by molar-refractivity contribution is 0.0681. The molecule has 2 N–H and O–H groups in total. The van der Waals surface area contributed by atoms with Gasteiger partial charge in [-0.1, -0.05) is 0 Å². The van der Waals surface area contributed by atoms with Gasteiger partial charge in [0.1, 0.15) is 0 Å². The minimum atomic E-state index is 0. The second-order valence-corrected chi connectivity index (χ2v) is 6.41. The number of fused-ring (bicyclic) bond motifs is 1. The van der Waals surface area contributed by atoms with E-state index in [2.05, 4.69) is 11.9 Å². The van der Waals surface area contributed by atoms with Crippen LogP contribution in [0.3, 0.4) is 0 Å². The van der Waals surface area contributed by atoms with E-state index in [1.807, 2.05) is 28.6 Å². The van der Waals surface area contributed by atoms with Gasteiger partial charge in [0.25, 0.3) is 5.91 Å². The topological polar surface area (TPSA) is 59.2 Å². The summed E-state index contributed by atoms with van der Waals surface area (Å²) in [5.41, 5.74) is 9.48. The van der Waals surface area contributed by atoms with Gasteiger partial charge in [-0.25, -0.2) is 4.98 Å². The van der Waals surface area contributed by atoms with Gasteiger partial charge >= 0.3 is 0 Å². The minimum absolute atomic E-state index is 0. The molecule has 122 valence electrons. The fraction of sp³-hybridized carbons (Fsp3) is 0.467. The lowest BCUT2D eigenvalue weighted by Crippen LogP contribution is -2.42. The lowest BCUT2D eigenvalue weighted by atomic mass is 9.90. The number of carbonyl (C=O) groups excluding carboxylic acids is 1. The van der Waals surface area contributed by atoms with Crippen molar-refractivity contribution in [2.24, 2.45) is 11.7 Å². The number of hydrogen-bond donors (Lipinski definition) is 1. The first-order valence-electron chi connectivity index (χ1n) is 7.03. The molecule has 1 aliphatic heterocycles. The summed E-state index contributed by atoms with van der Waals surface area (Å²) >= 11 is 1.57. The maximum absolute atomic E-state index is 12.5. The largest absolute Gasteiger partial charge is 0.339 e. The third-order valence-corrected chi connectivity index (χ3v) is 4.94. The number of carbonyl (C=O) groups is 1. The molecule has 1 unspecified atom stereocenters. The number of benzene rings is 1. The molecule has 0 radical (unpaired) electrons. The molecule has 7 heteroatoms. The molecule has 1 fully saturated rings. The molecular weight excluding hydrogens is 341 g/mol. The first-order chi connectivity index (χ1) is 9.65. The van der Waals surface area contributed by atoms with Crippen molar-refractivity contribution in [2.75, 3.05) is 13.1 Å². The number of likely N-dealkylation sites (tertiary alicyclic amines) is 1. The highest BCUT2D eigenvalue weighted by Crippen LogP contribution is 2.23. The van der Waals surface area contributed by atoms with E-state index in [0.717, 1.165) is 41.7 Å². The summed E-state index contributed by atoms with van der Waals surface area (Å²) in [7, 11) is 0. The summed E-state index contributed by atoms with van der Waals surface area (Å²) in [6, 6.07) is 5.98. The Labute approximate surface area is 146 Å². The Balaban J connectivity index is 0.00000121. The Kier molecular flexibility index (Phi) is 7.06. The Morgan fingerprint density at radius 1 is 1.36 bits per heavy atom. The van der Waals surface area contributed by atoms with E-state index in [1.54, 1.807) is 11.3 Å². The molecule has 22 heavy (non-hydrogen) atoms. The second kappa shape index (κ2) is 8.11. The summed E-state index contributed by atoms with van der Waals surface area (Å²) in [6.07, 6.45) is 2.01. The third kappa shape index (κ3) is 3.90. The summed E-state index contributed by atoms with van der Waals surface area (Å²) < 4.78 is 1.07. The molecule has 0 spiro atoms. The van der Waals surface area contributed by atoms with Crippen LogP contribution in [0.5, 0.6) is 0 Å². The van der Waals surface area contributed by atoms with Gasteiger partial charge < -0.3 is 10.6 Å². The molecular formula is C15H21Cl2N3OS. The molecule has 0 bridgehead atoms. The van der Waals surface area contributed by atoms with Crippen molar-refractivity contribution in [1.82, 2.24) is 9.88 Å². The fourth-order valence-electron chi connectivity index (χ4n) is 2.80. The predicted molar refractivity (Wildman–Crippen MR) is 96.4 cm³/mol. The van der Waals surface area contributed by atoms with E-state index in [0.29, 0.717) is 5.92 Å². The Morgan fingerprint density at radius 2 is 2.05 bits per heavy atom. The van der Waals surface area contributed by atoms with Gasteiger partial charge in [-0.05, 0) is 43.9 Å². The van der Waals surface area contributed by atoms with E-state index in [1.165, 1.54) is 0 Å². The van der Waals surface area contributed by atoms with Crippen molar-refractivity contribution in [3.63, 3.8) is 0 Å². The first kappa shape index (κ1) is 19.2. The number of nitrogens with zero attached hydrogens (tertiary/aromatic N) is 2. The zero-order chi connectivity index (χ0) is 14.1. The minimum Gasteiger partial charge on any atom is -0.339 e. The highest BCUT2D eigenvalue weighted by molar-refractivity contribution is 7.16. The number of amides is 1. The zero-order valence-electron chi connectivity index (χ0n) is 12.4. The van der Waals surface area contributed by atoms with Crippen LogP contribution in [0.2, 0.25) is 0 Å². The van der Waals surface area contributed by atoms with Crippen LogP contribution in [0.4, 0.5) is 0 Å². The van der Waals surface area contributed by atoms with Gasteiger partial charge in [0.15, 0.2) is 0 Å². The summed E-state index contributed by atoms with van der Waals surface area (Å²) in [6.45, 7) is 3.68. The Hall–Kier alpha value is -0.880. The van der Waals surface area contributed by atoms with E-state index < -0.39 is 0 Å². The van der Waals surface area contributed by atoms with Gasteiger partial charge in [0.2, 0.25) is 0 Å². The maximum Gasteiger partial charge on any atom is 0.253 e. The summed E-state index contributed by atoms with van der Waals surface area (Å²) in [5, 5.41) is 0. The van der Waals surface area contributed by atoms with Gasteiger partial charge in [0.05, 0.1) is 15.7 Å². The van der Waals surface area contributed by atoms with E-state index in [9.17, 15) is 4.79 Å². The number of rotatable bonds is 2. The number of aromatic nitrogens is 1. The van der Waals surface area contributed by atoms with Crippen molar-refractivity contribution in [2.45, 2.75) is 25.8 Å². The standard InChI is InChI=1S/C15H19N3OS.2ClH/c1-10(16)11-4-6-18(7-5-11)15(19)12-2-3-13-14(8-12)20-9-17-13;;/h2-3,8-11H,4-7,16H2,1H3;2*1H. The van der Waals surface area contributed by atoms with E-state index >= 15 is 0 Å². The van der Waals surface area contributed by atoms with Gasteiger partial charge in [-0.3, -0.25) is 4.79 Å². The normalized spacial score (nSPS) is 16.7. The molecule has 1 aliphatic rings. The average Bonchev–Trinajstić information content (AvgIpc) is 2.94. The smallest absolute Gasteiger partial charge is 0.253 e. The Bertz CT molecular complexity index is 624. The molecule has 2 aromatic rings. The van der Waals surface area contributed by atoms with Crippen LogP contribution in [0.1, 0.15) is 30.1 Å². The molecule has 4 nitrogen and oxygen atoms in total. The number of nitrogens with two attached hydrogens (primary N) is 1. The average molecular weight is 362 g/mol. The molecule has 1 aromatic carbocycles. The number of piperidine rings is 1. The maximum atomic E-state index is 12.5. The quantitative estimate of drug-likeness (QED) is 0.891. The molecule has 0 aliphatic carbocycles. The molecule has 3 rings (SSSR count). The van der Waals surface area contributed by atoms with Crippen molar-refractivity contribution >= 4 is 52.3 Å². The summed E-state index contributed by atoms with van der Waals surface area (Å²) in [4.78, 5) is 18.7. The second-order valence-electron chi connectivity index (χ2n) is 5.52. The molecule has 1 atom stereocenters. The van der Waals surface area contributed by atoms with Crippen molar-refractivity contribution in [1.29, 1.82) is 0 Å². The SMILES string of the molecule is CC(N)C1CCN(C(=O)c2ccc3ncsc3c2)CC1.Cl.Cl. The van der Waals surface area contributed by atoms with Crippen LogP contribution < -0.4 is 5.73 Å². The number of thiazole rings is 1. The van der Waals surface area contributed by atoms with Crippen LogP contribution in [-0.2, 0) is 0 Å². The number of halogens is 2. The molecule has 1 amide bonds. The van der Waals surface area contributed by atoms with E-state index in [-0.39, 0.29) is 36.8 Å². The fourth-order valence-corrected chi connectivity index (χ4v) is 3.52. The summed E-state index contributed by atoms with van der Waals surface area (Å²) in [5.74, 6) is 0.673. The van der Waals surface area contributed by atoms with Gasteiger partial charge in [0, 0.05) is 24.7 Å². The van der Waals surface area contributed by atoms with Crippen molar-refractivity contribution < 1.29 is 4.79 Å². The zero-order valence-corrected chi connectivity index (χ0v) is 14.8. The van der Waals surface area contributed by atoms with Crippen LogP contribution in [0.15, 0.2) is 23.7 Å². The molecule has 2 heterocycles. The molecule has 0 saturated carbocycles. The molecule has 1 saturated heterocycles. The van der Waals surface area contributed by atoms with Crippen molar-refractivity contribution in [3.8, 4) is 0 Å². The Morgan fingerprint density at radius 3 is 2.68 bits per heavy atom. The van der Waals surface area contributed by atoms with Crippen LogP contribution in [-0.4, -0.2) is 34.9 Å². The highest BCUT2D eigenvalue weighted by Gasteiger charge is 2.25. The lowest BCUT2D eigenvalue weighted by Gasteiger charge is -2.33. The number of hydrogen-bond acceptors (Lipinski definition) is 4. The molecule has 1 aromatic heterocycles. The van der Waals surface area contributed by atoms with E-state index in [4.69, 9.17) is 5.73 Å².